The second-order valence-electron chi connectivity index (χ2n) is 11.4. The van der Waals surface area contributed by atoms with E-state index in [4.69, 9.17) is 19.2 Å². The molecule has 6 rings (SSSR count). The predicted octanol–water partition coefficient (Wildman–Crippen LogP) is 7.31. The summed E-state index contributed by atoms with van der Waals surface area (Å²) >= 11 is 0. The third-order valence-corrected chi connectivity index (χ3v) is 7.41. The minimum atomic E-state index is -1.07. The number of fused-ring (bicyclic) bond motifs is 1. The number of halogens is 1. The Morgan fingerprint density at radius 1 is 1.07 bits per heavy atom. The van der Waals surface area contributed by atoms with Gasteiger partial charge >= 0.3 is 5.97 Å². The number of carbonyl (C=O) groups is 1. The molecule has 0 amide bonds. The van der Waals surface area contributed by atoms with Crippen molar-refractivity contribution in [1.29, 1.82) is 0 Å². The molecule has 0 bridgehead atoms. The monoisotopic (exact) mass is 565 g/mol. The fourth-order valence-electron chi connectivity index (χ4n) is 5.82. The lowest BCUT2D eigenvalue weighted by Gasteiger charge is -2.30. The van der Waals surface area contributed by atoms with Gasteiger partial charge in [0.25, 0.3) is 0 Å². The minimum Gasteiger partial charge on any atom is -0.493 e. The van der Waals surface area contributed by atoms with Gasteiger partial charge in [-0.05, 0) is 98.0 Å². The molecule has 0 saturated carbocycles. The average molecular weight is 566 g/mol. The number of rotatable bonds is 6. The molecule has 0 unspecified atom stereocenters. The number of hydrogen-bond acceptors (Lipinski definition) is 7. The van der Waals surface area contributed by atoms with Crippen molar-refractivity contribution in [3.8, 4) is 28.0 Å². The first-order valence-corrected chi connectivity index (χ1v) is 14.1. The lowest BCUT2D eigenvalue weighted by molar-refractivity contribution is -0.166. The van der Waals surface area contributed by atoms with Crippen LogP contribution >= 0.6 is 0 Å². The number of pyridine rings is 1. The quantitative estimate of drug-likeness (QED) is 0.200. The second kappa shape index (κ2) is 10.8. The first kappa shape index (κ1) is 27.7. The molecule has 1 atom stereocenters. The highest BCUT2D eigenvalue weighted by atomic mass is 19.1. The van der Waals surface area contributed by atoms with Crippen LogP contribution < -0.4 is 4.74 Å². The Morgan fingerprint density at radius 3 is 2.60 bits per heavy atom. The van der Waals surface area contributed by atoms with Crippen molar-refractivity contribution in [3.63, 3.8) is 0 Å². The maximum absolute atomic E-state index is 15.6. The summed E-state index contributed by atoms with van der Waals surface area (Å²) < 4.78 is 33.5. The van der Waals surface area contributed by atoms with Gasteiger partial charge in [0.1, 0.15) is 17.9 Å². The second-order valence-corrected chi connectivity index (χ2v) is 11.4. The highest BCUT2D eigenvalue weighted by Crippen LogP contribution is 2.47. The Morgan fingerprint density at radius 2 is 1.86 bits per heavy atom. The number of aromatic nitrogens is 3. The number of hydrogen-bond donors (Lipinski definition) is 0. The third kappa shape index (κ3) is 4.96. The van der Waals surface area contributed by atoms with Crippen molar-refractivity contribution >= 4 is 27.6 Å². The first-order chi connectivity index (χ1) is 20.2. The van der Waals surface area contributed by atoms with Crippen molar-refractivity contribution in [1.82, 2.24) is 15.0 Å². The number of ether oxygens (including phenoxy) is 3. The van der Waals surface area contributed by atoms with Gasteiger partial charge in [-0.25, -0.2) is 19.2 Å². The molecular weight excluding hydrogens is 533 g/mol. The van der Waals surface area contributed by atoms with E-state index in [1.165, 1.54) is 18.5 Å². The normalized spacial score (nSPS) is 13.7. The molecule has 0 fully saturated rings. The molecule has 0 aliphatic carbocycles. The van der Waals surface area contributed by atoms with Gasteiger partial charge < -0.3 is 14.2 Å². The van der Waals surface area contributed by atoms with Gasteiger partial charge in [-0.15, -0.1) is 0 Å². The zero-order valence-corrected chi connectivity index (χ0v) is 24.3. The summed E-state index contributed by atoms with van der Waals surface area (Å²) in [5.41, 5.74) is 5.28. The van der Waals surface area contributed by atoms with E-state index >= 15 is 4.39 Å². The molecule has 0 radical (unpaired) electrons. The van der Waals surface area contributed by atoms with Gasteiger partial charge in [0, 0.05) is 47.1 Å². The largest absolute Gasteiger partial charge is 0.493 e. The zero-order valence-electron chi connectivity index (χ0n) is 24.3. The Hall–Kier alpha value is -4.43. The summed E-state index contributed by atoms with van der Waals surface area (Å²) in [4.78, 5) is 26.7. The summed E-state index contributed by atoms with van der Waals surface area (Å²) in [6.45, 7) is 10.2. The molecule has 42 heavy (non-hydrogen) atoms. The number of aryl methyl sites for hydroxylation is 1. The van der Waals surface area contributed by atoms with E-state index in [1.54, 1.807) is 25.5 Å². The topological polar surface area (TPSA) is 83.4 Å². The summed E-state index contributed by atoms with van der Waals surface area (Å²) in [6.07, 6.45) is 6.23. The average Bonchev–Trinajstić information content (AvgIpc) is 2.96. The van der Waals surface area contributed by atoms with Crippen molar-refractivity contribution in [2.24, 2.45) is 0 Å². The molecule has 1 aliphatic heterocycles. The Bertz CT molecular complexity index is 1820. The Balaban J connectivity index is 1.77. The van der Waals surface area contributed by atoms with Crippen molar-refractivity contribution in [2.75, 3.05) is 13.2 Å². The van der Waals surface area contributed by atoms with E-state index in [0.29, 0.717) is 39.8 Å². The number of benzene rings is 3. The van der Waals surface area contributed by atoms with Gasteiger partial charge in [0.05, 0.1) is 24.3 Å². The molecular formula is C34H32FN3O4. The molecule has 0 spiro atoms. The highest BCUT2D eigenvalue weighted by Gasteiger charge is 2.34. The van der Waals surface area contributed by atoms with E-state index in [2.05, 4.69) is 9.97 Å². The molecule has 1 aliphatic rings. The van der Waals surface area contributed by atoms with Crippen molar-refractivity contribution in [3.05, 3.63) is 83.8 Å². The molecule has 0 N–H and O–H groups in total. The molecule has 3 heterocycles. The van der Waals surface area contributed by atoms with Crippen LogP contribution in [0.2, 0.25) is 0 Å². The Labute approximate surface area is 243 Å². The van der Waals surface area contributed by atoms with Gasteiger partial charge in [0.2, 0.25) is 0 Å². The predicted molar refractivity (Wildman–Crippen MR) is 160 cm³/mol. The standard InChI is InChI=1S/C34H32FN3O4/c1-6-40-33(39)32(42-34(3,4)5)28-19(2)13-25-24(21-16-36-18-37-17-21)14-22(35)15-26(25)30(28)23-7-8-27-29-20(10-12-41-27)9-11-38-31(23)29/h7-9,11,13-18,32H,6,10,12H2,1-5H3/t32-/m0/s1. The van der Waals surface area contributed by atoms with Gasteiger partial charge in [0.15, 0.2) is 6.10 Å². The SMILES string of the molecule is CCOC(=O)[C@@H](OC(C)(C)C)c1c(C)cc2c(-c3cncnc3)cc(F)cc2c1-c1ccc2c3c(ccnc13)CCO2. The molecule has 8 heteroatoms. The smallest absolute Gasteiger partial charge is 0.339 e. The summed E-state index contributed by atoms with van der Waals surface area (Å²) in [5.74, 6) is -0.188. The van der Waals surface area contributed by atoms with Crippen LogP contribution in [0.15, 0.2) is 61.3 Å². The summed E-state index contributed by atoms with van der Waals surface area (Å²) in [6, 6.07) is 10.8. The van der Waals surface area contributed by atoms with Crippen LogP contribution in [0.25, 0.3) is 43.9 Å². The van der Waals surface area contributed by atoms with Crippen LogP contribution in [0.1, 0.15) is 50.5 Å². The fraction of sp³-hybridized carbons (Fsp3) is 0.294. The summed E-state index contributed by atoms with van der Waals surface area (Å²) in [7, 11) is 0. The van der Waals surface area contributed by atoms with Gasteiger partial charge in [-0.3, -0.25) is 4.98 Å². The van der Waals surface area contributed by atoms with Crippen LogP contribution in [-0.2, 0) is 20.7 Å². The van der Waals surface area contributed by atoms with Crippen LogP contribution in [0.3, 0.4) is 0 Å². The zero-order chi connectivity index (χ0) is 29.6. The third-order valence-electron chi connectivity index (χ3n) is 7.41. The van der Waals surface area contributed by atoms with Crippen LogP contribution in [0, 0.1) is 12.7 Å². The van der Waals surface area contributed by atoms with E-state index < -0.39 is 23.5 Å². The van der Waals surface area contributed by atoms with E-state index in [0.717, 1.165) is 39.6 Å². The minimum absolute atomic E-state index is 0.192. The van der Waals surface area contributed by atoms with E-state index in [9.17, 15) is 4.79 Å². The number of carbonyl (C=O) groups excluding carboxylic acids is 1. The van der Waals surface area contributed by atoms with Gasteiger partial charge in [-0.2, -0.15) is 0 Å². The lowest BCUT2D eigenvalue weighted by Crippen LogP contribution is -2.29. The molecule has 5 aromatic rings. The maximum Gasteiger partial charge on any atom is 0.339 e. The molecule has 214 valence electrons. The van der Waals surface area contributed by atoms with E-state index in [-0.39, 0.29) is 6.61 Å². The summed E-state index contributed by atoms with van der Waals surface area (Å²) in [5, 5.41) is 2.32. The first-order valence-electron chi connectivity index (χ1n) is 14.1. The highest BCUT2D eigenvalue weighted by molar-refractivity contribution is 6.12. The Kier molecular flexibility index (Phi) is 7.10. The number of esters is 1. The molecule has 7 nitrogen and oxygen atoms in total. The fourth-order valence-corrected chi connectivity index (χ4v) is 5.82. The molecule has 2 aromatic heterocycles. The number of nitrogens with zero attached hydrogens (tertiary/aromatic N) is 3. The van der Waals surface area contributed by atoms with Crippen molar-refractivity contribution < 1.29 is 23.4 Å². The molecule has 0 saturated heterocycles. The van der Waals surface area contributed by atoms with Crippen LogP contribution in [0.5, 0.6) is 5.75 Å². The van der Waals surface area contributed by atoms with E-state index in [1.807, 2.05) is 52.0 Å². The van der Waals surface area contributed by atoms with Crippen LogP contribution in [-0.4, -0.2) is 39.7 Å². The van der Waals surface area contributed by atoms with Crippen LogP contribution in [0.4, 0.5) is 4.39 Å². The van der Waals surface area contributed by atoms with Crippen molar-refractivity contribution in [2.45, 2.75) is 52.7 Å². The van der Waals surface area contributed by atoms with Gasteiger partial charge in [-0.1, -0.05) is 6.07 Å². The lowest BCUT2D eigenvalue weighted by atomic mass is 9.84. The molecule has 3 aromatic carbocycles. The maximum atomic E-state index is 15.6.